The minimum atomic E-state index is -0.383. The van der Waals surface area contributed by atoms with Crippen LogP contribution in [0, 0.1) is 0 Å². The van der Waals surface area contributed by atoms with Crippen molar-refractivity contribution in [3.05, 3.63) is 12.7 Å². The fourth-order valence-corrected chi connectivity index (χ4v) is 0.660. The quantitative estimate of drug-likeness (QED) is 0.367. The number of rotatable bonds is 4. The normalized spacial score (nSPS) is 11.8. The molecule has 1 N–H and O–H groups in total. The van der Waals surface area contributed by atoms with Crippen LogP contribution in [-0.4, -0.2) is 16.7 Å². The van der Waals surface area contributed by atoms with Crippen molar-refractivity contribution in [1.82, 2.24) is 5.32 Å². The number of amides is 1. The Labute approximate surface area is 80.3 Å². The maximum atomic E-state index is 10.8. The van der Waals surface area contributed by atoms with E-state index in [9.17, 15) is 4.79 Å². The van der Waals surface area contributed by atoms with E-state index in [0.29, 0.717) is 0 Å². The van der Waals surface area contributed by atoms with Gasteiger partial charge in [-0.05, 0) is 6.42 Å². The Kier molecular flexibility index (Phi) is 6.30. The number of hydrogen-bond acceptors (Lipinski definition) is 2. The summed E-state index contributed by atoms with van der Waals surface area (Å²) < 4.78 is 4.83. The number of carbonyl (C=O) groups is 1. The monoisotopic (exact) mass is 269 g/mol. The lowest BCUT2D eigenvalue weighted by Crippen LogP contribution is -2.30. The molecule has 0 aliphatic carbocycles. The van der Waals surface area contributed by atoms with Gasteiger partial charge in [-0.25, -0.2) is 4.79 Å². The Balaban J connectivity index is 3.43. The Morgan fingerprint density at radius 1 is 1.91 bits per heavy atom. The number of nitrogens with one attached hydrogen (secondary N) is 1. The molecule has 0 spiro atoms. The third-order valence-electron chi connectivity index (χ3n) is 0.965. The molecule has 64 valence electrons. The number of carbonyl (C=O) groups excluding carboxylic acids is 1. The van der Waals surface area contributed by atoms with E-state index in [1.54, 1.807) is 0 Å². The standard InChI is InChI=1S/C7H12INO2/c1-3-5-11-7(10)9-6(8)4-2/h3,6H,1,4-5H2,2H3,(H,9,10). The highest BCUT2D eigenvalue weighted by Gasteiger charge is 2.05. The molecular formula is C7H12INO2. The van der Waals surface area contributed by atoms with Gasteiger partial charge >= 0.3 is 6.09 Å². The zero-order chi connectivity index (χ0) is 8.69. The first-order valence-corrected chi connectivity index (χ1v) is 4.63. The summed E-state index contributed by atoms with van der Waals surface area (Å²) in [6.45, 7) is 5.68. The van der Waals surface area contributed by atoms with Crippen molar-refractivity contribution in [3.8, 4) is 0 Å². The second kappa shape index (κ2) is 6.45. The topological polar surface area (TPSA) is 38.3 Å². The number of ether oxygens (including phenoxy) is 1. The highest BCUT2D eigenvalue weighted by atomic mass is 127. The number of halogens is 1. The summed E-state index contributed by atoms with van der Waals surface area (Å²) in [5.41, 5.74) is 0. The molecule has 0 aliphatic heterocycles. The summed E-state index contributed by atoms with van der Waals surface area (Å²) in [6, 6.07) is 0. The van der Waals surface area contributed by atoms with E-state index in [-0.39, 0.29) is 16.7 Å². The Hall–Kier alpha value is -0.260. The fourth-order valence-electron chi connectivity index (χ4n) is 0.406. The summed E-state index contributed by atoms with van der Waals surface area (Å²) in [6.07, 6.45) is 2.04. The van der Waals surface area contributed by atoms with Crippen molar-refractivity contribution >= 4 is 28.7 Å². The van der Waals surface area contributed by atoms with Gasteiger partial charge in [0.1, 0.15) is 6.61 Å². The van der Waals surface area contributed by atoms with E-state index in [4.69, 9.17) is 4.74 Å². The lowest BCUT2D eigenvalue weighted by molar-refractivity contribution is 0.158. The molecule has 0 radical (unpaired) electrons. The first-order chi connectivity index (χ1) is 5.20. The van der Waals surface area contributed by atoms with Gasteiger partial charge in [-0.1, -0.05) is 42.2 Å². The number of hydrogen-bond donors (Lipinski definition) is 1. The van der Waals surface area contributed by atoms with Gasteiger partial charge in [-0.3, -0.25) is 0 Å². The van der Waals surface area contributed by atoms with Crippen LogP contribution in [0.5, 0.6) is 0 Å². The van der Waals surface area contributed by atoms with Crippen LogP contribution in [0.25, 0.3) is 0 Å². The van der Waals surface area contributed by atoms with Crippen LogP contribution in [0.4, 0.5) is 4.79 Å². The number of alkyl carbamates (subject to hydrolysis) is 1. The van der Waals surface area contributed by atoms with E-state index in [1.807, 2.05) is 6.92 Å². The minimum Gasteiger partial charge on any atom is -0.445 e. The molecule has 11 heavy (non-hydrogen) atoms. The lowest BCUT2D eigenvalue weighted by Gasteiger charge is -2.08. The molecule has 0 heterocycles. The van der Waals surface area contributed by atoms with E-state index in [2.05, 4.69) is 34.5 Å². The third-order valence-corrected chi connectivity index (χ3v) is 2.16. The lowest BCUT2D eigenvalue weighted by atomic mass is 10.5. The number of alkyl halides is 1. The molecule has 0 aliphatic rings. The smallest absolute Gasteiger partial charge is 0.408 e. The van der Waals surface area contributed by atoms with Crippen LogP contribution in [-0.2, 0) is 4.74 Å². The van der Waals surface area contributed by atoms with E-state index in [1.165, 1.54) is 6.08 Å². The first kappa shape index (κ1) is 10.7. The molecule has 0 aromatic heterocycles. The van der Waals surface area contributed by atoms with Crippen LogP contribution >= 0.6 is 22.6 Å². The van der Waals surface area contributed by atoms with Gasteiger partial charge in [0.05, 0.1) is 4.05 Å². The van der Waals surface area contributed by atoms with Crippen molar-refractivity contribution in [1.29, 1.82) is 0 Å². The van der Waals surface area contributed by atoms with Crippen LogP contribution in [0.3, 0.4) is 0 Å². The molecule has 4 heteroatoms. The molecule has 1 unspecified atom stereocenters. The minimum absolute atomic E-state index is 0.143. The van der Waals surface area contributed by atoms with Crippen molar-refractivity contribution in [2.75, 3.05) is 6.61 Å². The second-order valence-corrected chi connectivity index (χ2v) is 3.41. The molecule has 3 nitrogen and oxygen atoms in total. The summed E-state index contributed by atoms with van der Waals surface area (Å²) >= 11 is 2.13. The Morgan fingerprint density at radius 3 is 3.00 bits per heavy atom. The van der Waals surface area contributed by atoms with Crippen LogP contribution < -0.4 is 5.32 Å². The summed E-state index contributed by atoms with van der Waals surface area (Å²) in [5.74, 6) is 0. The molecule has 0 fully saturated rings. The molecule has 0 rings (SSSR count). The van der Waals surface area contributed by atoms with Gasteiger partial charge in [-0.15, -0.1) is 0 Å². The largest absolute Gasteiger partial charge is 0.445 e. The van der Waals surface area contributed by atoms with Gasteiger partial charge < -0.3 is 10.1 Å². The zero-order valence-corrected chi connectivity index (χ0v) is 8.63. The first-order valence-electron chi connectivity index (χ1n) is 3.39. The molecule has 0 bridgehead atoms. The summed E-state index contributed by atoms with van der Waals surface area (Å²) in [4.78, 5) is 10.8. The highest BCUT2D eigenvalue weighted by Crippen LogP contribution is 2.00. The molecule has 1 amide bonds. The fraction of sp³-hybridized carbons (Fsp3) is 0.571. The van der Waals surface area contributed by atoms with Gasteiger partial charge in [0.2, 0.25) is 0 Å². The summed E-state index contributed by atoms with van der Waals surface area (Å²) in [7, 11) is 0. The molecular weight excluding hydrogens is 257 g/mol. The maximum Gasteiger partial charge on any atom is 0.408 e. The van der Waals surface area contributed by atoms with Crippen molar-refractivity contribution in [2.45, 2.75) is 17.4 Å². The van der Waals surface area contributed by atoms with Crippen LogP contribution in [0.2, 0.25) is 0 Å². The van der Waals surface area contributed by atoms with E-state index < -0.39 is 0 Å². The SMILES string of the molecule is C=CCOC(=O)NC(I)CC. The molecule has 0 aromatic carbocycles. The van der Waals surface area contributed by atoms with Gasteiger partial charge in [0.25, 0.3) is 0 Å². The third kappa shape index (κ3) is 6.15. The molecule has 1 atom stereocenters. The Morgan fingerprint density at radius 2 is 2.55 bits per heavy atom. The van der Waals surface area contributed by atoms with Gasteiger partial charge in [0, 0.05) is 0 Å². The van der Waals surface area contributed by atoms with Crippen molar-refractivity contribution < 1.29 is 9.53 Å². The van der Waals surface area contributed by atoms with Gasteiger partial charge in [0.15, 0.2) is 0 Å². The Bertz CT molecular complexity index is 138. The summed E-state index contributed by atoms with van der Waals surface area (Å²) in [5, 5.41) is 2.64. The average Bonchev–Trinajstić information content (AvgIpc) is 2.00. The predicted octanol–water partition coefficient (Wildman–Crippen LogP) is 2.07. The van der Waals surface area contributed by atoms with Crippen molar-refractivity contribution in [3.63, 3.8) is 0 Å². The van der Waals surface area contributed by atoms with Crippen LogP contribution in [0.1, 0.15) is 13.3 Å². The molecule has 0 saturated carbocycles. The highest BCUT2D eigenvalue weighted by molar-refractivity contribution is 14.1. The molecule has 0 aromatic rings. The van der Waals surface area contributed by atoms with Crippen LogP contribution in [0.15, 0.2) is 12.7 Å². The second-order valence-electron chi connectivity index (χ2n) is 1.91. The molecule has 0 saturated heterocycles. The average molecular weight is 269 g/mol. The van der Waals surface area contributed by atoms with Crippen molar-refractivity contribution in [2.24, 2.45) is 0 Å². The van der Waals surface area contributed by atoms with Gasteiger partial charge in [-0.2, -0.15) is 0 Å². The zero-order valence-electron chi connectivity index (χ0n) is 6.47. The predicted molar refractivity (Wildman–Crippen MR) is 52.8 cm³/mol. The van der Waals surface area contributed by atoms with E-state index in [0.717, 1.165) is 6.42 Å². The van der Waals surface area contributed by atoms with E-state index >= 15 is 0 Å². The maximum absolute atomic E-state index is 10.8.